The van der Waals surface area contributed by atoms with E-state index in [9.17, 15) is 24.3 Å². The maximum Gasteiger partial charge on any atom is 0.328 e. The van der Waals surface area contributed by atoms with Crippen LogP contribution in [0.3, 0.4) is 0 Å². The lowest BCUT2D eigenvalue weighted by Gasteiger charge is -2.26. The minimum absolute atomic E-state index is 0.373. The molecule has 144 valence electrons. The van der Waals surface area contributed by atoms with Gasteiger partial charge < -0.3 is 37.0 Å². The summed E-state index contributed by atoms with van der Waals surface area (Å²) in [6, 6.07) is -3.93. The molecule has 25 heavy (non-hydrogen) atoms. The second-order valence-electron chi connectivity index (χ2n) is 5.46. The Morgan fingerprint density at radius 1 is 0.960 bits per heavy atom. The first-order chi connectivity index (χ1) is 11.7. The predicted octanol–water partition coefficient (Wildman–Crippen LogP) is -3.49. The number of hydrogen-bond acceptors (Lipinski definition) is 7. The number of aliphatic hydroxyl groups is 2. The molecule has 0 bridgehead atoms. The fourth-order valence-electron chi connectivity index (χ4n) is 1.85. The van der Waals surface area contributed by atoms with Crippen molar-refractivity contribution < 1.29 is 34.5 Å². The molecule has 3 amide bonds. The van der Waals surface area contributed by atoms with Gasteiger partial charge in [0.2, 0.25) is 17.7 Å². The normalized spacial score (nSPS) is 15.4. The summed E-state index contributed by atoms with van der Waals surface area (Å²) in [5.74, 6) is -4.08. The van der Waals surface area contributed by atoms with Crippen molar-refractivity contribution in [2.45, 2.75) is 38.4 Å². The zero-order chi connectivity index (χ0) is 19.6. The predicted molar refractivity (Wildman–Crippen MR) is 86.1 cm³/mol. The summed E-state index contributed by atoms with van der Waals surface area (Å²) in [6.45, 7) is 1.52. The average Bonchev–Trinajstić information content (AvgIpc) is 2.60. The molecule has 0 aliphatic rings. The number of carbonyl (C=O) groups is 4. The van der Waals surface area contributed by atoms with Crippen LogP contribution in [0.15, 0.2) is 0 Å². The maximum atomic E-state index is 12.3. The number of aliphatic carboxylic acids is 1. The largest absolute Gasteiger partial charge is 0.480 e. The van der Waals surface area contributed by atoms with Crippen molar-refractivity contribution in [2.24, 2.45) is 11.7 Å². The summed E-state index contributed by atoms with van der Waals surface area (Å²) < 4.78 is 0. The highest BCUT2D eigenvalue weighted by Gasteiger charge is 2.31. The molecule has 4 atom stereocenters. The Morgan fingerprint density at radius 3 is 1.92 bits per heavy atom. The summed E-state index contributed by atoms with van der Waals surface area (Å²) in [4.78, 5) is 46.6. The van der Waals surface area contributed by atoms with Crippen molar-refractivity contribution in [2.75, 3.05) is 19.8 Å². The highest BCUT2D eigenvalue weighted by atomic mass is 16.4. The number of carboxylic acid groups (broad SMARTS) is 1. The van der Waals surface area contributed by atoms with E-state index in [1.165, 1.54) is 0 Å². The first kappa shape index (κ1) is 22.8. The topological polar surface area (TPSA) is 191 Å². The molecule has 0 aromatic carbocycles. The molecule has 0 aromatic rings. The van der Waals surface area contributed by atoms with E-state index >= 15 is 0 Å². The van der Waals surface area contributed by atoms with Crippen LogP contribution in [0.4, 0.5) is 0 Å². The Morgan fingerprint density at radius 2 is 1.52 bits per heavy atom. The summed E-state index contributed by atoms with van der Waals surface area (Å²) in [5, 5.41) is 33.8. The standard InChI is InChI=1S/C14H26N4O7/c1-3-7(2)11(13(23)17-9(6-20)14(24)25)18-12(22)8(5-19)16-10(21)4-15/h7-9,11,19-20H,3-6,15H2,1-2H3,(H,16,21)(H,17,23)(H,18,22)(H,24,25). The molecule has 0 saturated heterocycles. The van der Waals surface area contributed by atoms with E-state index in [2.05, 4.69) is 16.0 Å². The number of carbonyl (C=O) groups excluding carboxylic acids is 3. The molecule has 4 unspecified atom stereocenters. The molecule has 0 aliphatic carbocycles. The molecule has 0 fully saturated rings. The van der Waals surface area contributed by atoms with Gasteiger partial charge in [0.1, 0.15) is 18.1 Å². The number of hydrogen-bond donors (Lipinski definition) is 7. The molecule has 11 nitrogen and oxygen atoms in total. The number of nitrogens with two attached hydrogens (primary N) is 1. The van der Waals surface area contributed by atoms with Gasteiger partial charge in [0.15, 0.2) is 0 Å². The Hall–Kier alpha value is -2.24. The van der Waals surface area contributed by atoms with Crippen molar-refractivity contribution in [3.8, 4) is 0 Å². The molecular weight excluding hydrogens is 336 g/mol. The summed E-state index contributed by atoms with van der Waals surface area (Å²) in [6.07, 6.45) is 0.480. The molecule has 0 aliphatic heterocycles. The van der Waals surface area contributed by atoms with Gasteiger partial charge in [-0.2, -0.15) is 0 Å². The second-order valence-corrected chi connectivity index (χ2v) is 5.46. The number of amides is 3. The van der Waals surface area contributed by atoms with E-state index in [0.29, 0.717) is 6.42 Å². The lowest BCUT2D eigenvalue weighted by atomic mass is 9.97. The van der Waals surface area contributed by atoms with Gasteiger partial charge in [-0.05, 0) is 5.92 Å². The smallest absolute Gasteiger partial charge is 0.328 e. The molecule has 0 rings (SSSR count). The van der Waals surface area contributed by atoms with E-state index in [4.69, 9.17) is 15.9 Å². The van der Waals surface area contributed by atoms with Gasteiger partial charge in [-0.25, -0.2) is 4.79 Å². The van der Waals surface area contributed by atoms with Crippen LogP contribution in [0.25, 0.3) is 0 Å². The van der Waals surface area contributed by atoms with Crippen LogP contribution in [0.2, 0.25) is 0 Å². The van der Waals surface area contributed by atoms with Crippen LogP contribution in [0.5, 0.6) is 0 Å². The number of nitrogens with one attached hydrogen (secondary N) is 3. The van der Waals surface area contributed by atoms with Crippen LogP contribution >= 0.6 is 0 Å². The van der Waals surface area contributed by atoms with Gasteiger partial charge in [-0.3, -0.25) is 14.4 Å². The Bertz CT molecular complexity index is 486. The third kappa shape index (κ3) is 7.45. The van der Waals surface area contributed by atoms with Crippen molar-refractivity contribution >= 4 is 23.7 Å². The van der Waals surface area contributed by atoms with Crippen molar-refractivity contribution in [3.05, 3.63) is 0 Å². The zero-order valence-corrected chi connectivity index (χ0v) is 14.2. The lowest BCUT2D eigenvalue weighted by Crippen LogP contribution is -2.59. The third-order valence-corrected chi connectivity index (χ3v) is 3.61. The van der Waals surface area contributed by atoms with Crippen LogP contribution in [0.1, 0.15) is 20.3 Å². The summed E-state index contributed by atoms with van der Waals surface area (Å²) in [7, 11) is 0. The molecule has 8 N–H and O–H groups in total. The van der Waals surface area contributed by atoms with Gasteiger partial charge in [0.25, 0.3) is 0 Å². The number of aliphatic hydroxyl groups excluding tert-OH is 2. The monoisotopic (exact) mass is 362 g/mol. The Balaban J connectivity index is 5.14. The highest BCUT2D eigenvalue weighted by Crippen LogP contribution is 2.09. The van der Waals surface area contributed by atoms with Gasteiger partial charge >= 0.3 is 5.97 Å². The van der Waals surface area contributed by atoms with Crippen molar-refractivity contribution in [1.29, 1.82) is 0 Å². The minimum Gasteiger partial charge on any atom is -0.480 e. The van der Waals surface area contributed by atoms with E-state index in [0.717, 1.165) is 0 Å². The fourth-order valence-corrected chi connectivity index (χ4v) is 1.85. The van der Waals surface area contributed by atoms with Crippen LogP contribution < -0.4 is 21.7 Å². The van der Waals surface area contributed by atoms with E-state index in [-0.39, 0.29) is 12.5 Å². The van der Waals surface area contributed by atoms with E-state index in [1.807, 2.05) is 0 Å². The van der Waals surface area contributed by atoms with Crippen molar-refractivity contribution in [3.63, 3.8) is 0 Å². The van der Waals surface area contributed by atoms with E-state index in [1.54, 1.807) is 13.8 Å². The van der Waals surface area contributed by atoms with Crippen LogP contribution in [-0.2, 0) is 19.2 Å². The molecule has 0 saturated carbocycles. The second kappa shape index (κ2) is 11.3. The fraction of sp³-hybridized carbons (Fsp3) is 0.714. The van der Waals surface area contributed by atoms with Crippen LogP contribution in [-0.4, -0.2) is 76.9 Å². The lowest BCUT2D eigenvalue weighted by molar-refractivity contribution is -0.143. The summed E-state index contributed by atoms with van der Waals surface area (Å²) in [5.41, 5.74) is 5.12. The number of carboxylic acids is 1. The molecular formula is C14H26N4O7. The molecule has 0 heterocycles. The first-order valence-corrected chi connectivity index (χ1v) is 7.76. The quantitative estimate of drug-likeness (QED) is 0.197. The molecule has 0 spiro atoms. The zero-order valence-electron chi connectivity index (χ0n) is 14.2. The van der Waals surface area contributed by atoms with Crippen LogP contribution in [0, 0.1) is 5.92 Å². The molecule has 11 heteroatoms. The van der Waals surface area contributed by atoms with Gasteiger partial charge in [-0.15, -0.1) is 0 Å². The highest BCUT2D eigenvalue weighted by molar-refractivity contribution is 5.93. The molecule has 0 radical (unpaired) electrons. The maximum absolute atomic E-state index is 12.3. The van der Waals surface area contributed by atoms with Gasteiger partial charge in [0.05, 0.1) is 19.8 Å². The average molecular weight is 362 g/mol. The third-order valence-electron chi connectivity index (χ3n) is 3.61. The Labute approximate surface area is 145 Å². The first-order valence-electron chi connectivity index (χ1n) is 7.76. The van der Waals surface area contributed by atoms with E-state index < -0.39 is 55.0 Å². The molecule has 0 aromatic heterocycles. The van der Waals surface area contributed by atoms with Gasteiger partial charge in [-0.1, -0.05) is 20.3 Å². The van der Waals surface area contributed by atoms with Gasteiger partial charge in [0, 0.05) is 0 Å². The SMILES string of the molecule is CCC(C)C(NC(=O)C(CO)NC(=O)CN)C(=O)NC(CO)C(=O)O. The number of rotatable bonds is 11. The summed E-state index contributed by atoms with van der Waals surface area (Å²) >= 11 is 0. The minimum atomic E-state index is -1.51. The van der Waals surface area contributed by atoms with Crippen molar-refractivity contribution in [1.82, 2.24) is 16.0 Å². The Kier molecular flexibility index (Phi) is 10.3.